The first-order valence-corrected chi connectivity index (χ1v) is 2.12. The van der Waals surface area contributed by atoms with Crippen molar-refractivity contribution in [3.8, 4) is 0 Å². The Morgan fingerprint density at radius 1 is 1.38 bits per heavy atom. The summed E-state index contributed by atoms with van der Waals surface area (Å²) in [5.41, 5.74) is 6.81. The van der Waals surface area contributed by atoms with Gasteiger partial charge in [0.15, 0.2) is 0 Å². The second-order valence-corrected chi connectivity index (χ2v) is 1.36. The smallest absolute Gasteiger partial charge is 0.287 e. The Kier molecular flexibility index (Phi) is 1.23. The normalized spacial score (nSPS) is 20.5. The third-order valence-electron chi connectivity index (χ3n) is 0.767. The van der Waals surface area contributed by atoms with Crippen LogP contribution in [0.5, 0.6) is 0 Å². The van der Waals surface area contributed by atoms with Crippen molar-refractivity contribution in [2.75, 3.05) is 6.54 Å². The lowest BCUT2D eigenvalue weighted by molar-refractivity contribution is -0.140. The molecule has 0 aromatic heterocycles. The lowest BCUT2D eigenvalue weighted by Crippen LogP contribution is -2.57. The fourth-order valence-electron chi connectivity index (χ4n) is 0.375. The van der Waals surface area contributed by atoms with E-state index in [4.69, 9.17) is 0 Å². The number of amides is 1. The van der Waals surface area contributed by atoms with Gasteiger partial charge in [-0.05, 0) is 0 Å². The number of hydrogen-bond acceptors (Lipinski definition) is 4. The summed E-state index contributed by atoms with van der Waals surface area (Å²) in [6.07, 6.45) is 0. The van der Waals surface area contributed by atoms with E-state index in [-0.39, 0.29) is 6.54 Å². The maximum absolute atomic E-state index is 10.3. The highest BCUT2D eigenvalue weighted by Gasteiger charge is 2.15. The summed E-state index contributed by atoms with van der Waals surface area (Å²) in [5.74, 6) is -1.05. The zero-order valence-corrected chi connectivity index (χ0v) is 4.02. The van der Waals surface area contributed by atoms with E-state index in [1.54, 1.807) is 0 Å². The van der Waals surface area contributed by atoms with Crippen molar-refractivity contribution in [3.63, 3.8) is 0 Å². The molecule has 0 spiro atoms. The Labute approximate surface area is 45.4 Å². The molecule has 5 heteroatoms. The molecule has 0 radical (unpaired) electrons. The summed E-state index contributed by atoms with van der Waals surface area (Å²) in [6, 6.07) is 0. The van der Waals surface area contributed by atoms with Crippen LogP contribution in [0.3, 0.4) is 0 Å². The van der Waals surface area contributed by atoms with Crippen molar-refractivity contribution in [2.24, 2.45) is 0 Å². The Bertz CT molecular complexity index is 116. The second kappa shape index (κ2) is 1.89. The number of rotatable bonds is 0. The third kappa shape index (κ3) is 0.824. The number of carbonyl (C=O) groups is 2. The Hall–Kier alpha value is -0.940. The molecule has 1 amide bonds. The van der Waals surface area contributed by atoms with Crippen LogP contribution in [-0.2, 0) is 9.59 Å². The fourth-order valence-corrected chi connectivity index (χ4v) is 0.375. The zero-order valence-electron chi connectivity index (χ0n) is 4.02. The number of carbonyl (C=O) groups excluding carboxylic acids is 2. The maximum Gasteiger partial charge on any atom is 0.303 e. The van der Waals surface area contributed by atoms with Crippen molar-refractivity contribution in [1.29, 1.82) is 0 Å². The van der Waals surface area contributed by atoms with Gasteiger partial charge < -0.3 is 0 Å². The van der Waals surface area contributed by atoms with Crippen LogP contribution < -0.4 is 16.4 Å². The van der Waals surface area contributed by atoms with Crippen molar-refractivity contribution < 1.29 is 9.59 Å². The van der Waals surface area contributed by atoms with Gasteiger partial charge in [-0.15, -0.1) is 0 Å². The third-order valence-corrected chi connectivity index (χ3v) is 0.767. The molecule has 1 aliphatic rings. The zero-order chi connectivity index (χ0) is 5.98. The lowest BCUT2D eigenvalue weighted by atomic mass is 10.4. The first-order valence-electron chi connectivity index (χ1n) is 2.12. The van der Waals surface area contributed by atoms with Gasteiger partial charge in [-0.3, -0.25) is 15.0 Å². The minimum absolute atomic E-state index is 0.0613. The molecule has 3 N–H and O–H groups in total. The predicted molar refractivity (Wildman–Crippen MR) is 24.3 cm³/mol. The molecule has 1 heterocycles. The number of hydrazine groups is 2. The van der Waals surface area contributed by atoms with Gasteiger partial charge >= 0.3 is 5.91 Å². The van der Waals surface area contributed by atoms with E-state index in [9.17, 15) is 9.59 Å². The van der Waals surface area contributed by atoms with Crippen LogP contribution in [0.2, 0.25) is 0 Å². The van der Waals surface area contributed by atoms with E-state index in [2.05, 4.69) is 16.4 Å². The molecule has 1 fully saturated rings. The van der Waals surface area contributed by atoms with Crippen LogP contribution >= 0.6 is 0 Å². The highest BCUT2D eigenvalue weighted by molar-refractivity contribution is 6.37. The highest BCUT2D eigenvalue weighted by atomic mass is 16.2. The molecule has 0 aromatic rings. The molecule has 0 aromatic carbocycles. The number of hydrogen-bond donors (Lipinski definition) is 3. The molecule has 0 saturated carbocycles. The van der Waals surface area contributed by atoms with Crippen LogP contribution in [-0.4, -0.2) is 18.2 Å². The SMILES string of the molecule is O=C1CNNNC1=O. The van der Waals surface area contributed by atoms with Crippen LogP contribution in [0.25, 0.3) is 0 Å². The minimum Gasteiger partial charge on any atom is -0.287 e. The van der Waals surface area contributed by atoms with Crippen LogP contribution in [0.4, 0.5) is 0 Å². The van der Waals surface area contributed by atoms with Crippen LogP contribution in [0.1, 0.15) is 0 Å². The second-order valence-electron chi connectivity index (χ2n) is 1.36. The van der Waals surface area contributed by atoms with Crippen LogP contribution in [0.15, 0.2) is 0 Å². The van der Waals surface area contributed by atoms with Crippen molar-refractivity contribution in [2.45, 2.75) is 0 Å². The lowest BCUT2D eigenvalue weighted by Gasteiger charge is -2.11. The molecule has 44 valence electrons. The van der Waals surface area contributed by atoms with E-state index >= 15 is 0 Å². The van der Waals surface area contributed by atoms with E-state index in [1.807, 2.05) is 0 Å². The number of ketones is 1. The van der Waals surface area contributed by atoms with Crippen LogP contribution in [0, 0.1) is 0 Å². The highest BCUT2D eigenvalue weighted by Crippen LogP contribution is 1.71. The topological polar surface area (TPSA) is 70.2 Å². The van der Waals surface area contributed by atoms with E-state index in [1.165, 1.54) is 0 Å². The van der Waals surface area contributed by atoms with Gasteiger partial charge in [0.2, 0.25) is 5.78 Å². The Balaban J connectivity index is 2.52. The summed E-state index contributed by atoms with van der Waals surface area (Å²) in [7, 11) is 0. The molecule has 1 rings (SSSR count). The van der Waals surface area contributed by atoms with Crippen molar-refractivity contribution in [1.82, 2.24) is 16.4 Å². The van der Waals surface area contributed by atoms with Crippen molar-refractivity contribution >= 4 is 11.7 Å². The van der Waals surface area contributed by atoms with Gasteiger partial charge in [0.25, 0.3) is 0 Å². The molecule has 8 heavy (non-hydrogen) atoms. The molecule has 0 bridgehead atoms. The average molecular weight is 115 g/mol. The van der Waals surface area contributed by atoms with Gasteiger partial charge in [0.1, 0.15) is 0 Å². The standard InChI is InChI=1S/C3H5N3O2/c7-2-1-4-6-5-3(2)8/h4,6H,1H2,(H,5,8). The van der Waals surface area contributed by atoms with Crippen molar-refractivity contribution in [3.05, 3.63) is 0 Å². The van der Waals surface area contributed by atoms with E-state index in [0.29, 0.717) is 0 Å². The van der Waals surface area contributed by atoms with Gasteiger partial charge in [-0.1, -0.05) is 0 Å². The molecular formula is C3H5N3O2. The maximum atomic E-state index is 10.3. The first-order chi connectivity index (χ1) is 3.80. The first kappa shape index (κ1) is 5.20. The summed E-state index contributed by atoms with van der Waals surface area (Å²) in [5, 5.41) is 0. The van der Waals surface area contributed by atoms with E-state index < -0.39 is 11.7 Å². The molecule has 0 aliphatic carbocycles. The molecule has 1 saturated heterocycles. The van der Waals surface area contributed by atoms with Gasteiger partial charge in [0, 0.05) is 0 Å². The minimum atomic E-state index is -0.594. The average Bonchev–Trinajstić information content (AvgIpc) is 1.77. The monoisotopic (exact) mass is 115 g/mol. The molecule has 0 atom stereocenters. The summed E-state index contributed by atoms with van der Waals surface area (Å²) >= 11 is 0. The van der Waals surface area contributed by atoms with Gasteiger partial charge in [-0.25, -0.2) is 5.43 Å². The largest absolute Gasteiger partial charge is 0.303 e. The Morgan fingerprint density at radius 3 is 2.50 bits per heavy atom. The van der Waals surface area contributed by atoms with Gasteiger partial charge in [-0.2, -0.15) is 5.53 Å². The molecule has 0 unspecified atom stereocenters. The fraction of sp³-hybridized carbons (Fsp3) is 0.333. The summed E-state index contributed by atoms with van der Waals surface area (Å²) < 4.78 is 0. The molecule has 5 nitrogen and oxygen atoms in total. The quantitative estimate of drug-likeness (QED) is 0.310. The van der Waals surface area contributed by atoms with E-state index in [0.717, 1.165) is 0 Å². The predicted octanol–water partition coefficient (Wildman–Crippen LogP) is -2.31. The van der Waals surface area contributed by atoms with Gasteiger partial charge in [0.05, 0.1) is 6.54 Å². The Morgan fingerprint density at radius 2 is 2.12 bits per heavy atom. The molecular weight excluding hydrogens is 110 g/mol. The summed E-state index contributed by atoms with van der Waals surface area (Å²) in [6.45, 7) is 0.0613. The number of nitrogens with one attached hydrogen (secondary N) is 3. The molecule has 1 aliphatic heterocycles. The summed E-state index contributed by atoms with van der Waals surface area (Å²) in [4.78, 5) is 20.5. The number of Topliss-reactive ketones (excluding diaryl/α,β-unsaturated/α-hetero) is 1.